The first-order valence-corrected chi connectivity index (χ1v) is 16.1. The Balaban J connectivity index is 2.40. The number of benzene rings is 2. The second-order valence-corrected chi connectivity index (χ2v) is 13.7. The fraction of sp³-hybridized carbons (Fsp3) is 0.333. The van der Waals surface area contributed by atoms with Crippen LogP contribution < -0.4 is 0 Å². The number of rotatable bonds is 4. The third kappa shape index (κ3) is 2.65. The smallest absolute Gasteiger partial charge is 0.00775 e. The zero-order chi connectivity index (χ0) is 13.9. The fourth-order valence-corrected chi connectivity index (χ4v) is 10.2. The highest BCUT2D eigenvalue weighted by molar-refractivity contribution is 15.1. The van der Waals surface area contributed by atoms with Gasteiger partial charge < -0.3 is 0 Å². The molecule has 1 aliphatic rings. The van der Waals surface area contributed by atoms with Gasteiger partial charge in [-0.1, -0.05) is 84.5 Å². The molecule has 0 aliphatic carbocycles. The fourth-order valence-electron chi connectivity index (χ4n) is 3.04. The van der Waals surface area contributed by atoms with Gasteiger partial charge in [-0.25, -0.2) is 0 Å². The minimum atomic E-state index is 0.348. The van der Waals surface area contributed by atoms with Crippen molar-refractivity contribution < 1.29 is 0 Å². The van der Waals surface area contributed by atoms with Gasteiger partial charge in [-0.2, -0.15) is 0 Å². The molecule has 0 fully saturated rings. The Morgan fingerprint density at radius 2 is 1.20 bits per heavy atom. The molecule has 0 saturated heterocycles. The van der Waals surface area contributed by atoms with Crippen LogP contribution in [0.2, 0.25) is 0 Å². The van der Waals surface area contributed by atoms with Gasteiger partial charge in [0.2, 0.25) is 0 Å². The number of aryl methyl sites for hydroxylation is 2. The Kier molecular flexibility index (Phi) is 5.02. The van der Waals surface area contributed by atoms with Crippen molar-refractivity contribution in [2.75, 3.05) is 0 Å². The molecule has 0 nitrogen and oxygen atoms in total. The molecule has 0 aromatic heterocycles. The van der Waals surface area contributed by atoms with Gasteiger partial charge in [0.25, 0.3) is 0 Å². The first-order chi connectivity index (χ1) is 9.86. The van der Waals surface area contributed by atoms with Crippen LogP contribution in [0.25, 0.3) is 10.8 Å². The summed E-state index contributed by atoms with van der Waals surface area (Å²) in [7, 11) is 0. The van der Waals surface area contributed by atoms with E-state index in [1.54, 1.807) is 22.3 Å². The molecule has 1 aliphatic heterocycles. The van der Waals surface area contributed by atoms with Crippen molar-refractivity contribution in [2.45, 2.75) is 39.5 Å². The second-order valence-electron chi connectivity index (χ2n) is 5.21. The Morgan fingerprint density at radius 3 is 1.60 bits per heavy atom. The lowest BCUT2D eigenvalue weighted by Crippen LogP contribution is -2.06. The highest BCUT2D eigenvalue weighted by Gasteiger charge is 2.16. The maximum atomic E-state index is 2.64. The summed E-state index contributed by atoms with van der Waals surface area (Å²) in [6.45, 7) is 4.60. The molecule has 1 heterocycles. The quantitative estimate of drug-likeness (QED) is 0.468. The summed E-state index contributed by atoms with van der Waals surface area (Å²) >= 11 is 0.696. The molecule has 106 valence electrons. The van der Waals surface area contributed by atoms with E-state index in [2.05, 4.69) is 46.1 Å². The molecule has 0 radical (unpaired) electrons. The topological polar surface area (TPSA) is 0 Å². The van der Waals surface area contributed by atoms with Gasteiger partial charge in [0.05, 0.1) is 0 Å². The minimum Gasteiger partial charge on any atom is -0.0651 e. The monoisotopic (exact) mass is 490 g/mol. The highest BCUT2D eigenvalue weighted by Crippen LogP contribution is 2.36. The Morgan fingerprint density at radius 1 is 0.750 bits per heavy atom. The zero-order valence-corrected chi connectivity index (χ0v) is 16.4. The van der Waals surface area contributed by atoms with Crippen LogP contribution in [0.5, 0.6) is 0 Å². The predicted molar refractivity (Wildman–Crippen MR) is 110 cm³/mol. The van der Waals surface area contributed by atoms with Crippen LogP contribution in [-0.2, 0) is 12.8 Å². The summed E-state index contributed by atoms with van der Waals surface area (Å²) in [5, 5.41) is 3.04. The third-order valence-electron chi connectivity index (χ3n) is 3.87. The van der Waals surface area contributed by atoms with E-state index in [1.807, 2.05) is 0 Å². The summed E-state index contributed by atoms with van der Waals surface area (Å²) < 4.78 is 5.27. The van der Waals surface area contributed by atoms with E-state index in [1.165, 1.54) is 36.5 Å². The van der Waals surface area contributed by atoms with Gasteiger partial charge in [-0.15, -0.1) is 0 Å². The van der Waals surface area contributed by atoms with E-state index in [0.717, 1.165) is 0 Å². The molecule has 2 aromatic rings. The van der Waals surface area contributed by atoms with Crippen molar-refractivity contribution in [1.82, 2.24) is 0 Å². The van der Waals surface area contributed by atoms with Gasteiger partial charge in [0.1, 0.15) is 0 Å². The van der Waals surface area contributed by atoms with Crippen molar-refractivity contribution in [3.8, 4) is 0 Å². The molecule has 0 bridgehead atoms. The van der Waals surface area contributed by atoms with Crippen LogP contribution in [0.15, 0.2) is 24.3 Å². The summed E-state index contributed by atoms with van der Waals surface area (Å²) in [5.41, 5.74) is 6.48. The van der Waals surface area contributed by atoms with E-state index in [0.29, 0.717) is 33.5 Å². The standard InChI is InChI=1S/C18H20I2/c1-3-7-13-15-9-5-6-10-16(15)14(8-4-2)18-12-20-19-11-17(13)18/h5-6,9-12H,3-4,7-8H2,1-2H3. The molecular formula is C18H20I2. The lowest BCUT2D eigenvalue weighted by atomic mass is 9.87. The van der Waals surface area contributed by atoms with Crippen LogP contribution in [0, 0.1) is 0 Å². The van der Waals surface area contributed by atoms with Crippen LogP contribution in [0.3, 0.4) is 0 Å². The first-order valence-electron chi connectivity index (χ1n) is 7.36. The van der Waals surface area contributed by atoms with Gasteiger partial charge in [-0.3, -0.25) is 0 Å². The van der Waals surface area contributed by atoms with E-state index in [-0.39, 0.29) is 0 Å². The molecule has 0 atom stereocenters. The van der Waals surface area contributed by atoms with Crippen LogP contribution in [0.4, 0.5) is 0 Å². The maximum absolute atomic E-state index is 2.64. The van der Waals surface area contributed by atoms with Gasteiger partial charge in [0.15, 0.2) is 0 Å². The molecule has 0 saturated carbocycles. The lowest BCUT2D eigenvalue weighted by molar-refractivity contribution is 0.914. The maximum Gasteiger partial charge on any atom is -0.00775 e. The van der Waals surface area contributed by atoms with Crippen LogP contribution >= 0.6 is 33.5 Å². The van der Waals surface area contributed by atoms with Crippen molar-refractivity contribution in [3.05, 3.63) is 46.5 Å². The molecule has 2 heteroatoms. The van der Waals surface area contributed by atoms with Crippen molar-refractivity contribution >= 4 is 52.3 Å². The summed E-state index contributed by atoms with van der Waals surface area (Å²) in [6, 6.07) is 9.10. The van der Waals surface area contributed by atoms with Gasteiger partial charge in [-0.05, 0) is 53.9 Å². The van der Waals surface area contributed by atoms with Crippen LogP contribution in [0.1, 0.15) is 48.9 Å². The zero-order valence-electron chi connectivity index (χ0n) is 12.0. The lowest BCUT2D eigenvalue weighted by Gasteiger charge is -2.20. The van der Waals surface area contributed by atoms with E-state index >= 15 is 0 Å². The number of fused-ring (bicyclic) bond motifs is 2. The second kappa shape index (κ2) is 6.77. The molecule has 0 N–H and O–H groups in total. The van der Waals surface area contributed by atoms with E-state index in [9.17, 15) is 0 Å². The Labute approximate surface area is 137 Å². The van der Waals surface area contributed by atoms with Gasteiger partial charge in [0, 0.05) is 0 Å². The molecule has 3 rings (SSSR count). The molecule has 0 unspecified atom stereocenters. The van der Waals surface area contributed by atoms with Crippen molar-refractivity contribution in [3.63, 3.8) is 0 Å². The largest absolute Gasteiger partial charge is 0.0651 e. The summed E-state index contributed by atoms with van der Waals surface area (Å²) in [6.07, 6.45) is 4.93. The summed E-state index contributed by atoms with van der Waals surface area (Å²) in [4.78, 5) is 0. The Bertz CT molecular complexity index is 636. The normalized spacial score (nSPS) is 13.7. The number of halogens is 2. The highest BCUT2D eigenvalue weighted by atomic mass is 128. The molecule has 20 heavy (non-hydrogen) atoms. The molecular weight excluding hydrogens is 470 g/mol. The van der Waals surface area contributed by atoms with Gasteiger partial charge >= 0.3 is 0 Å². The summed E-state index contributed by atoms with van der Waals surface area (Å²) in [5.74, 6) is 0. The first kappa shape index (κ1) is 14.8. The molecule has 0 spiro atoms. The number of hydrogen-bond acceptors (Lipinski definition) is 0. The van der Waals surface area contributed by atoms with E-state index < -0.39 is 0 Å². The van der Waals surface area contributed by atoms with Crippen molar-refractivity contribution in [2.24, 2.45) is 0 Å². The minimum absolute atomic E-state index is 0.348. The molecule has 2 aromatic carbocycles. The number of hydrogen-bond donors (Lipinski definition) is 0. The average molecular weight is 490 g/mol. The van der Waals surface area contributed by atoms with Crippen LogP contribution in [-0.4, -0.2) is 8.02 Å². The van der Waals surface area contributed by atoms with E-state index in [4.69, 9.17) is 0 Å². The Hall–Kier alpha value is -0.1000. The van der Waals surface area contributed by atoms with Crippen molar-refractivity contribution in [1.29, 1.82) is 0 Å². The molecule has 0 amide bonds. The third-order valence-corrected chi connectivity index (χ3v) is 10.8. The SMILES string of the molecule is CCCc1c2c(c(CCC)c3ccccc13)C=II=C2. The average Bonchev–Trinajstić information content (AvgIpc) is 2.50. The predicted octanol–water partition coefficient (Wildman–Crippen LogP) is 5.92.